The standard InChI is InChI=1S/C54H57N5O7/c1-4-16-43(38-17-8-5-9-18-38)59-46-31-36(33-48(61)44-23-14-29-57(44)52(63)50(55-35(2)60)39-19-10-6-11-20-39)25-27-41(46)42-28-26-37(32-47(42)59)34-49(62)45-24-15-30-58(45)53(64)51(56-54(65)66-3)40-21-12-7-13-22-40/h5-13,17-22,25-28,31-32,43-45,50-51H,4,14-16,23-24,29-30,33-34H2,1-3H3,(H,55,60)(H,56,65)/t43?,44-,45-,50+,51+/m0/s1. The molecule has 2 saturated heterocycles. The summed E-state index contributed by atoms with van der Waals surface area (Å²) in [6.07, 6.45) is 3.68. The van der Waals surface area contributed by atoms with E-state index in [-0.39, 0.29) is 48.2 Å². The molecule has 0 saturated carbocycles. The molecular formula is C54H57N5O7. The van der Waals surface area contributed by atoms with E-state index < -0.39 is 30.3 Å². The van der Waals surface area contributed by atoms with Gasteiger partial charge in [-0.3, -0.25) is 24.0 Å². The van der Waals surface area contributed by atoms with Crippen LogP contribution in [0.25, 0.3) is 21.8 Å². The second-order valence-electron chi connectivity index (χ2n) is 17.5. The van der Waals surface area contributed by atoms with Crippen molar-refractivity contribution in [1.29, 1.82) is 0 Å². The first-order valence-electron chi connectivity index (χ1n) is 23.0. The van der Waals surface area contributed by atoms with Gasteiger partial charge < -0.3 is 29.7 Å². The molecule has 2 N–H and O–H groups in total. The predicted octanol–water partition coefficient (Wildman–Crippen LogP) is 8.36. The molecule has 0 aliphatic carbocycles. The van der Waals surface area contributed by atoms with Crippen molar-refractivity contribution >= 4 is 57.2 Å². The molecule has 3 heterocycles. The number of hydrogen-bond donors (Lipinski definition) is 2. The Kier molecular flexibility index (Phi) is 14.1. The third-order valence-corrected chi connectivity index (χ3v) is 13.1. The number of ketones is 2. The lowest BCUT2D eigenvalue weighted by molar-refractivity contribution is -0.140. The van der Waals surface area contributed by atoms with Crippen LogP contribution in [0.4, 0.5) is 4.79 Å². The molecule has 1 aromatic heterocycles. The van der Waals surface area contributed by atoms with Crippen molar-refractivity contribution in [3.8, 4) is 0 Å². The number of aromatic nitrogens is 1. The lowest BCUT2D eigenvalue weighted by atomic mass is 9.98. The van der Waals surface area contributed by atoms with Gasteiger partial charge in [-0.25, -0.2) is 4.79 Å². The van der Waals surface area contributed by atoms with Gasteiger partial charge >= 0.3 is 6.09 Å². The second kappa shape index (κ2) is 20.4. The summed E-state index contributed by atoms with van der Waals surface area (Å²) in [6.45, 7) is 4.38. The van der Waals surface area contributed by atoms with Gasteiger partial charge in [-0.2, -0.15) is 0 Å². The molecule has 5 aromatic carbocycles. The average molecular weight is 888 g/mol. The van der Waals surface area contributed by atoms with Crippen LogP contribution in [0, 0.1) is 0 Å². The highest BCUT2D eigenvalue weighted by atomic mass is 16.5. The minimum absolute atomic E-state index is 0.0536. The third-order valence-electron chi connectivity index (χ3n) is 13.1. The first kappa shape index (κ1) is 45.5. The molecule has 2 aliphatic heterocycles. The van der Waals surface area contributed by atoms with Crippen LogP contribution in [0.5, 0.6) is 0 Å². The van der Waals surface area contributed by atoms with Crippen molar-refractivity contribution < 1.29 is 33.5 Å². The lowest BCUT2D eigenvalue weighted by Gasteiger charge is -2.29. The summed E-state index contributed by atoms with van der Waals surface area (Å²) in [7, 11) is 1.25. The zero-order valence-electron chi connectivity index (χ0n) is 37.8. The van der Waals surface area contributed by atoms with Crippen molar-refractivity contribution in [1.82, 2.24) is 25.0 Å². The number of nitrogens with zero attached hydrogens (tertiary/aromatic N) is 3. The van der Waals surface area contributed by atoms with Gasteiger partial charge in [0.15, 0.2) is 11.6 Å². The van der Waals surface area contributed by atoms with Crippen molar-refractivity contribution in [3.05, 3.63) is 155 Å². The molecule has 2 fully saturated rings. The van der Waals surface area contributed by atoms with Gasteiger partial charge in [0.05, 0.1) is 25.2 Å². The molecule has 0 spiro atoms. The van der Waals surface area contributed by atoms with Crippen LogP contribution in [0.2, 0.25) is 0 Å². The molecule has 12 heteroatoms. The molecule has 0 bridgehead atoms. The predicted molar refractivity (Wildman–Crippen MR) is 254 cm³/mol. The van der Waals surface area contributed by atoms with Crippen molar-refractivity contribution in [2.45, 2.75) is 95.4 Å². The van der Waals surface area contributed by atoms with Crippen LogP contribution in [-0.2, 0) is 41.6 Å². The fourth-order valence-electron chi connectivity index (χ4n) is 10.0. The van der Waals surface area contributed by atoms with Gasteiger partial charge in [-0.1, -0.05) is 129 Å². The van der Waals surface area contributed by atoms with Gasteiger partial charge in [-0.15, -0.1) is 0 Å². The molecule has 12 nitrogen and oxygen atoms in total. The van der Waals surface area contributed by atoms with E-state index in [0.717, 1.165) is 51.3 Å². The maximum atomic E-state index is 14.3. The molecule has 66 heavy (non-hydrogen) atoms. The Bertz CT molecular complexity index is 2740. The molecule has 340 valence electrons. The second-order valence-corrected chi connectivity index (χ2v) is 17.5. The molecule has 5 atom stereocenters. The summed E-state index contributed by atoms with van der Waals surface area (Å²) in [5, 5.41) is 7.53. The van der Waals surface area contributed by atoms with Crippen LogP contribution in [0.3, 0.4) is 0 Å². The molecule has 2 aliphatic rings. The number of alkyl carbamates (subject to hydrolysis) is 1. The molecule has 8 rings (SSSR count). The molecule has 4 amide bonds. The lowest BCUT2D eigenvalue weighted by Crippen LogP contribution is -2.47. The van der Waals surface area contributed by atoms with Gasteiger partial charge in [-0.05, 0) is 72.1 Å². The van der Waals surface area contributed by atoms with Crippen molar-refractivity contribution in [2.75, 3.05) is 20.2 Å². The monoisotopic (exact) mass is 887 g/mol. The topological polar surface area (TPSA) is 147 Å². The maximum absolute atomic E-state index is 14.3. The number of rotatable bonds is 16. The van der Waals surface area contributed by atoms with E-state index in [4.69, 9.17) is 4.74 Å². The number of hydrogen-bond acceptors (Lipinski definition) is 7. The largest absolute Gasteiger partial charge is 0.453 e. The Morgan fingerprint density at radius 2 is 1.05 bits per heavy atom. The van der Waals surface area contributed by atoms with Crippen LogP contribution >= 0.6 is 0 Å². The average Bonchev–Trinajstić information content (AvgIpc) is 4.11. The normalized spacial score (nSPS) is 17.3. The third kappa shape index (κ3) is 9.63. The number of Topliss-reactive ketones (excluding diaryl/α,β-unsaturated/α-hetero) is 2. The van der Waals surface area contributed by atoms with Gasteiger partial charge in [0, 0.05) is 54.7 Å². The van der Waals surface area contributed by atoms with Crippen LogP contribution in [0.15, 0.2) is 127 Å². The summed E-state index contributed by atoms with van der Waals surface area (Å²) in [4.78, 5) is 84.7. The minimum atomic E-state index is -1.01. The SMILES string of the molecule is CCCC(c1ccccc1)n1c2cc(CC(=O)[C@@H]3CCCN3C(=O)[C@H](NC(C)=O)c3ccccc3)ccc2c2ccc(CC(=O)[C@@H]3CCCN3C(=O)[C@H](NC(=O)OC)c3ccccc3)cc21. The minimum Gasteiger partial charge on any atom is -0.453 e. The first-order chi connectivity index (χ1) is 32.1. The first-order valence-corrected chi connectivity index (χ1v) is 23.0. The highest BCUT2D eigenvalue weighted by Crippen LogP contribution is 2.38. The van der Waals surface area contributed by atoms with E-state index >= 15 is 0 Å². The molecular weight excluding hydrogens is 831 g/mol. The Balaban J connectivity index is 1.10. The number of fused-ring (bicyclic) bond motifs is 3. The van der Waals surface area contributed by atoms with E-state index in [1.54, 1.807) is 34.1 Å². The van der Waals surface area contributed by atoms with E-state index in [1.807, 2.05) is 66.7 Å². The fourth-order valence-corrected chi connectivity index (χ4v) is 10.0. The Hall–Kier alpha value is -7.08. The highest BCUT2D eigenvalue weighted by Gasteiger charge is 2.39. The summed E-state index contributed by atoms with van der Waals surface area (Å²) in [5.41, 5.74) is 5.99. The number of benzene rings is 5. The zero-order chi connectivity index (χ0) is 46.3. The van der Waals surface area contributed by atoms with E-state index in [1.165, 1.54) is 14.0 Å². The van der Waals surface area contributed by atoms with Crippen LogP contribution in [0.1, 0.15) is 98.3 Å². The van der Waals surface area contributed by atoms with Crippen LogP contribution in [-0.4, -0.2) is 82.0 Å². The fraction of sp³-hybridized carbons (Fsp3) is 0.333. The number of carbonyl (C=O) groups excluding carboxylic acids is 6. The number of ether oxygens (including phenoxy) is 1. The summed E-state index contributed by atoms with van der Waals surface area (Å²) in [5.74, 6) is -1.10. The quantitative estimate of drug-likeness (QED) is 0.0993. The van der Waals surface area contributed by atoms with Crippen molar-refractivity contribution in [3.63, 3.8) is 0 Å². The highest BCUT2D eigenvalue weighted by molar-refractivity contribution is 6.09. The number of nitrogens with one attached hydrogen (secondary N) is 2. The maximum Gasteiger partial charge on any atom is 0.407 e. The number of methoxy groups -OCH3 is 1. The Morgan fingerprint density at radius 3 is 1.47 bits per heavy atom. The van der Waals surface area contributed by atoms with E-state index in [2.05, 4.69) is 58.5 Å². The van der Waals surface area contributed by atoms with Gasteiger partial charge in [0.25, 0.3) is 5.91 Å². The van der Waals surface area contributed by atoms with Gasteiger partial charge in [0.2, 0.25) is 11.8 Å². The van der Waals surface area contributed by atoms with Crippen LogP contribution < -0.4 is 10.6 Å². The Labute approximate surface area is 385 Å². The smallest absolute Gasteiger partial charge is 0.407 e. The summed E-state index contributed by atoms with van der Waals surface area (Å²) < 4.78 is 7.20. The van der Waals surface area contributed by atoms with E-state index in [9.17, 15) is 28.8 Å². The van der Waals surface area contributed by atoms with Crippen molar-refractivity contribution in [2.24, 2.45) is 0 Å². The molecule has 0 radical (unpaired) electrons. The van der Waals surface area contributed by atoms with E-state index in [0.29, 0.717) is 49.9 Å². The molecule has 6 aromatic rings. The number of amides is 4. The number of likely N-dealkylation sites (tertiary alicyclic amines) is 2. The molecule has 1 unspecified atom stereocenters. The Morgan fingerprint density at radius 1 is 0.606 bits per heavy atom. The number of carbonyl (C=O) groups is 6. The van der Waals surface area contributed by atoms with Gasteiger partial charge in [0.1, 0.15) is 12.1 Å². The zero-order valence-corrected chi connectivity index (χ0v) is 37.8. The summed E-state index contributed by atoms with van der Waals surface area (Å²) in [6, 6.07) is 37.6. The summed E-state index contributed by atoms with van der Waals surface area (Å²) >= 11 is 0.